The molecule has 82 valence electrons. The van der Waals surface area contributed by atoms with Gasteiger partial charge in [-0.2, -0.15) is 13.2 Å². The second-order valence-corrected chi connectivity index (χ2v) is 3.44. The number of amides is 1. The number of hydrogen-bond donors (Lipinski definition) is 2. The van der Waals surface area contributed by atoms with Crippen molar-refractivity contribution in [1.82, 2.24) is 0 Å². The number of halogens is 4. The van der Waals surface area contributed by atoms with Crippen LogP contribution in [0.3, 0.4) is 0 Å². The molecule has 0 unspecified atom stereocenters. The molecule has 3 nitrogen and oxygen atoms in total. The van der Waals surface area contributed by atoms with Crippen molar-refractivity contribution < 1.29 is 23.1 Å². The Bertz CT molecular complexity index is 392. The van der Waals surface area contributed by atoms with Crippen LogP contribution in [0, 0.1) is 0 Å². The van der Waals surface area contributed by atoms with E-state index in [9.17, 15) is 23.1 Å². The van der Waals surface area contributed by atoms with Gasteiger partial charge in [0.25, 0.3) is 0 Å². The van der Waals surface area contributed by atoms with Gasteiger partial charge in [-0.3, -0.25) is 4.79 Å². The first-order valence-corrected chi connectivity index (χ1v) is 4.47. The highest BCUT2D eigenvalue weighted by Gasteiger charge is 2.39. The fourth-order valence-electron chi connectivity index (χ4n) is 0.809. The van der Waals surface area contributed by atoms with E-state index in [0.717, 1.165) is 6.07 Å². The number of phenolic OH excluding ortho intramolecular Hbond substituents is 1. The number of alkyl halides is 3. The summed E-state index contributed by atoms with van der Waals surface area (Å²) in [5, 5.41) is 10.8. The lowest BCUT2D eigenvalue weighted by Crippen LogP contribution is -2.29. The van der Waals surface area contributed by atoms with Crippen molar-refractivity contribution >= 4 is 27.5 Å². The van der Waals surface area contributed by atoms with Gasteiger partial charge in [-0.25, -0.2) is 0 Å². The molecule has 7 heteroatoms. The Labute approximate surface area is 91.0 Å². The minimum Gasteiger partial charge on any atom is -0.505 e. The second-order valence-electron chi connectivity index (χ2n) is 2.59. The highest BCUT2D eigenvalue weighted by atomic mass is 79.9. The van der Waals surface area contributed by atoms with Gasteiger partial charge in [0.15, 0.2) is 5.75 Å². The van der Waals surface area contributed by atoms with Gasteiger partial charge in [0.2, 0.25) is 0 Å². The first-order chi connectivity index (χ1) is 6.82. The van der Waals surface area contributed by atoms with Crippen LogP contribution in [0.25, 0.3) is 0 Å². The quantitative estimate of drug-likeness (QED) is 0.779. The molecule has 2 N–H and O–H groups in total. The summed E-state index contributed by atoms with van der Waals surface area (Å²) in [6, 6.07) is 3.97. The maximum atomic E-state index is 11.9. The Morgan fingerprint density at radius 3 is 2.53 bits per heavy atom. The monoisotopic (exact) mass is 283 g/mol. The van der Waals surface area contributed by atoms with E-state index in [1.165, 1.54) is 12.1 Å². The first-order valence-electron chi connectivity index (χ1n) is 3.68. The molecule has 1 rings (SSSR count). The molecule has 0 aliphatic carbocycles. The fourth-order valence-corrected chi connectivity index (χ4v) is 1.18. The Morgan fingerprint density at radius 1 is 1.40 bits per heavy atom. The zero-order valence-corrected chi connectivity index (χ0v) is 8.69. The molecular weight excluding hydrogens is 279 g/mol. The van der Waals surface area contributed by atoms with Crippen LogP contribution in [-0.2, 0) is 4.79 Å². The normalized spacial score (nSPS) is 11.2. The van der Waals surface area contributed by atoms with Crippen LogP contribution in [0.5, 0.6) is 5.75 Å². The number of hydrogen-bond acceptors (Lipinski definition) is 2. The molecule has 1 aromatic carbocycles. The number of rotatable bonds is 1. The van der Waals surface area contributed by atoms with E-state index in [1.807, 2.05) is 0 Å². The van der Waals surface area contributed by atoms with Gasteiger partial charge < -0.3 is 10.4 Å². The van der Waals surface area contributed by atoms with Gasteiger partial charge in [0, 0.05) is 0 Å². The maximum Gasteiger partial charge on any atom is 0.471 e. The van der Waals surface area contributed by atoms with Crippen molar-refractivity contribution in [3.8, 4) is 5.75 Å². The van der Waals surface area contributed by atoms with Crippen LogP contribution >= 0.6 is 15.9 Å². The second kappa shape index (κ2) is 4.09. The highest BCUT2D eigenvalue weighted by Crippen LogP contribution is 2.32. The van der Waals surface area contributed by atoms with Gasteiger partial charge in [-0.15, -0.1) is 0 Å². The third-order valence-corrected chi connectivity index (χ3v) is 2.13. The molecule has 0 saturated heterocycles. The van der Waals surface area contributed by atoms with Crippen molar-refractivity contribution in [3.63, 3.8) is 0 Å². The molecule has 1 aromatic rings. The SMILES string of the molecule is O=C(Nc1cccc(Br)c1O)C(F)(F)F. The molecule has 0 fully saturated rings. The molecule has 0 spiro atoms. The largest absolute Gasteiger partial charge is 0.505 e. The molecule has 0 aliphatic rings. The average Bonchev–Trinajstić information content (AvgIpc) is 2.11. The molecule has 0 aliphatic heterocycles. The van der Waals surface area contributed by atoms with E-state index < -0.39 is 17.8 Å². The lowest BCUT2D eigenvalue weighted by molar-refractivity contribution is -0.167. The summed E-state index contributed by atoms with van der Waals surface area (Å²) in [7, 11) is 0. The van der Waals surface area contributed by atoms with Crippen LogP contribution in [0.1, 0.15) is 0 Å². The Morgan fingerprint density at radius 2 is 2.00 bits per heavy atom. The van der Waals surface area contributed by atoms with Crippen LogP contribution in [0.4, 0.5) is 18.9 Å². The van der Waals surface area contributed by atoms with Crippen molar-refractivity contribution in [1.29, 1.82) is 0 Å². The molecule has 0 saturated carbocycles. The molecular formula is C8H5BrF3NO2. The molecule has 0 bridgehead atoms. The van der Waals surface area contributed by atoms with Crippen molar-refractivity contribution in [2.24, 2.45) is 0 Å². The molecule has 15 heavy (non-hydrogen) atoms. The minimum absolute atomic E-state index is 0.197. The van der Waals surface area contributed by atoms with Crippen LogP contribution in [0.2, 0.25) is 0 Å². The number of phenols is 1. The van der Waals surface area contributed by atoms with Crippen LogP contribution < -0.4 is 5.32 Å². The van der Waals surface area contributed by atoms with Crippen molar-refractivity contribution in [3.05, 3.63) is 22.7 Å². The molecule has 0 atom stereocenters. The van der Waals surface area contributed by atoms with Crippen molar-refractivity contribution in [2.45, 2.75) is 6.18 Å². The number of benzene rings is 1. The van der Waals surface area contributed by atoms with E-state index in [0.29, 0.717) is 0 Å². The number of para-hydroxylation sites is 1. The van der Waals surface area contributed by atoms with Crippen molar-refractivity contribution in [2.75, 3.05) is 5.32 Å². The van der Waals surface area contributed by atoms with Crippen LogP contribution in [-0.4, -0.2) is 17.2 Å². The Hall–Kier alpha value is -1.24. The molecule has 0 heterocycles. The van der Waals surface area contributed by atoms with E-state index in [2.05, 4.69) is 15.9 Å². The third kappa shape index (κ3) is 2.85. The summed E-state index contributed by atoms with van der Waals surface area (Å²) >= 11 is 2.90. The summed E-state index contributed by atoms with van der Waals surface area (Å²) < 4.78 is 35.8. The third-order valence-electron chi connectivity index (χ3n) is 1.49. The topological polar surface area (TPSA) is 49.3 Å². The fraction of sp³-hybridized carbons (Fsp3) is 0.125. The Kier molecular flexibility index (Phi) is 3.23. The first kappa shape index (κ1) is 11.8. The number of nitrogens with one attached hydrogen (secondary N) is 1. The van der Waals surface area contributed by atoms with E-state index in [4.69, 9.17) is 0 Å². The molecule has 0 aromatic heterocycles. The van der Waals surface area contributed by atoms with Gasteiger partial charge in [-0.05, 0) is 28.1 Å². The molecule has 1 amide bonds. The lowest BCUT2D eigenvalue weighted by atomic mass is 10.3. The summed E-state index contributed by atoms with van der Waals surface area (Å²) in [5.41, 5.74) is -0.299. The van der Waals surface area contributed by atoms with E-state index in [1.54, 1.807) is 5.32 Å². The highest BCUT2D eigenvalue weighted by molar-refractivity contribution is 9.10. The van der Waals surface area contributed by atoms with Gasteiger partial charge in [-0.1, -0.05) is 6.07 Å². The maximum absolute atomic E-state index is 11.9. The van der Waals surface area contributed by atoms with Gasteiger partial charge in [0.1, 0.15) is 0 Å². The molecule has 0 radical (unpaired) electrons. The summed E-state index contributed by atoms with van der Waals surface area (Å²) in [4.78, 5) is 10.5. The Balaban J connectivity index is 2.91. The lowest BCUT2D eigenvalue weighted by Gasteiger charge is -2.09. The van der Waals surface area contributed by atoms with Gasteiger partial charge >= 0.3 is 12.1 Å². The van der Waals surface area contributed by atoms with Gasteiger partial charge in [0.05, 0.1) is 10.2 Å². The van der Waals surface area contributed by atoms with Crippen LogP contribution in [0.15, 0.2) is 22.7 Å². The smallest absolute Gasteiger partial charge is 0.471 e. The number of carbonyl (C=O) groups is 1. The zero-order valence-electron chi connectivity index (χ0n) is 7.10. The minimum atomic E-state index is -4.98. The summed E-state index contributed by atoms with van der Waals surface area (Å²) in [5.74, 6) is -2.58. The van der Waals surface area contributed by atoms with E-state index in [-0.39, 0.29) is 10.2 Å². The number of carbonyl (C=O) groups excluding carboxylic acids is 1. The summed E-state index contributed by atoms with van der Waals surface area (Å²) in [6.45, 7) is 0. The zero-order chi connectivity index (χ0) is 11.6. The van der Waals surface area contributed by atoms with E-state index >= 15 is 0 Å². The summed E-state index contributed by atoms with van der Waals surface area (Å²) in [6.07, 6.45) is -4.98. The predicted molar refractivity (Wildman–Crippen MR) is 50.5 cm³/mol. The number of anilines is 1. The predicted octanol–water partition coefficient (Wildman–Crippen LogP) is 2.66. The average molecular weight is 284 g/mol. The number of aromatic hydroxyl groups is 1. The standard InChI is InChI=1S/C8H5BrF3NO2/c9-4-2-1-3-5(6(4)14)13-7(15)8(10,11)12/h1-3,14H,(H,13,15).